The molecule has 0 aliphatic rings. The van der Waals surface area contributed by atoms with E-state index in [1.807, 2.05) is 31.2 Å². The van der Waals surface area contributed by atoms with E-state index in [-0.39, 0.29) is 28.5 Å². The monoisotopic (exact) mass is 566 g/mol. The van der Waals surface area contributed by atoms with Gasteiger partial charge in [-0.2, -0.15) is 4.31 Å². The maximum Gasteiger partial charge on any atom is 0.243 e. The van der Waals surface area contributed by atoms with Crippen LogP contribution in [0.1, 0.15) is 27.0 Å². The van der Waals surface area contributed by atoms with Gasteiger partial charge in [0.05, 0.1) is 17.1 Å². The first-order valence-electron chi connectivity index (χ1n) is 11.6. The van der Waals surface area contributed by atoms with Crippen molar-refractivity contribution in [3.8, 4) is 0 Å². The maximum absolute atomic E-state index is 13.6. The second-order valence-corrected chi connectivity index (χ2v) is 11.4. The summed E-state index contributed by atoms with van der Waals surface area (Å²) in [7, 11) is -4.07. The molecule has 1 amide bonds. The van der Waals surface area contributed by atoms with Gasteiger partial charge in [-0.1, -0.05) is 77.8 Å². The standard InChI is InChI=1S/C29H24Cl2N2O4S/c1-20-7-5-6-10-22(20)18-33(38(36,37)25-14-11-23(30)12-15-25)19-28(34)32-27-16-13-24(31)17-26(27)29(35)21-8-3-2-4-9-21/h2-17H,18-19H2,1H3,(H,32,34). The average Bonchev–Trinajstić information content (AvgIpc) is 2.91. The molecule has 0 saturated heterocycles. The second kappa shape index (κ2) is 11.9. The van der Waals surface area contributed by atoms with Gasteiger partial charge in [-0.15, -0.1) is 0 Å². The first-order chi connectivity index (χ1) is 18.1. The fraction of sp³-hybridized carbons (Fsp3) is 0.103. The van der Waals surface area contributed by atoms with Crippen LogP contribution in [0.4, 0.5) is 5.69 Å². The number of ketones is 1. The van der Waals surface area contributed by atoms with Crippen LogP contribution in [-0.4, -0.2) is 31.0 Å². The van der Waals surface area contributed by atoms with E-state index in [1.54, 1.807) is 36.4 Å². The molecule has 38 heavy (non-hydrogen) atoms. The third-order valence-electron chi connectivity index (χ3n) is 5.92. The minimum Gasteiger partial charge on any atom is -0.324 e. The molecule has 0 fully saturated rings. The molecular weight excluding hydrogens is 543 g/mol. The van der Waals surface area contributed by atoms with Crippen LogP contribution in [0.5, 0.6) is 0 Å². The summed E-state index contributed by atoms with van der Waals surface area (Å²) in [6.45, 7) is 1.36. The number of amides is 1. The van der Waals surface area contributed by atoms with Gasteiger partial charge in [0.1, 0.15) is 0 Å². The van der Waals surface area contributed by atoms with Crippen molar-refractivity contribution in [1.82, 2.24) is 4.31 Å². The zero-order valence-electron chi connectivity index (χ0n) is 20.4. The van der Waals surface area contributed by atoms with E-state index in [0.29, 0.717) is 15.6 Å². The predicted octanol–water partition coefficient (Wildman–Crippen LogP) is 6.36. The van der Waals surface area contributed by atoms with Gasteiger partial charge in [-0.25, -0.2) is 8.42 Å². The number of halogens is 2. The molecule has 0 aromatic heterocycles. The van der Waals surface area contributed by atoms with Crippen LogP contribution in [0.15, 0.2) is 102 Å². The summed E-state index contributed by atoms with van der Waals surface area (Å²) in [5.74, 6) is -0.936. The highest BCUT2D eigenvalue weighted by molar-refractivity contribution is 7.89. The van der Waals surface area contributed by atoms with Gasteiger partial charge in [0.15, 0.2) is 5.78 Å². The number of rotatable bonds is 9. The number of benzene rings is 4. The van der Waals surface area contributed by atoms with Gasteiger partial charge in [-0.05, 0) is 60.5 Å². The van der Waals surface area contributed by atoms with E-state index in [2.05, 4.69) is 5.32 Å². The Morgan fingerprint density at radius 1 is 0.816 bits per heavy atom. The molecule has 0 atom stereocenters. The zero-order chi connectivity index (χ0) is 27.3. The fourth-order valence-electron chi connectivity index (χ4n) is 3.87. The number of sulfonamides is 1. The molecule has 0 radical (unpaired) electrons. The highest BCUT2D eigenvalue weighted by Gasteiger charge is 2.28. The van der Waals surface area contributed by atoms with Crippen molar-refractivity contribution in [3.63, 3.8) is 0 Å². The summed E-state index contributed by atoms with van der Waals surface area (Å²) in [5.41, 5.74) is 2.50. The van der Waals surface area contributed by atoms with E-state index in [4.69, 9.17) is 23.2 Å². The summed E-state index contributed by atoms with van der Waals surface area (Å²) in [6, 6.07) is 26.3. The second-order valence-electron chi connectivity index (χ2n) is 8.59. The molecule has 0 spiro atoms. The van der Waals surface area contributed by atoms with Crippen molar-refractivity contribution >= 4 is 50.6 Å². The van der Waals surface area contributed by atoms with Gasteiger partial charge in [-0.3, -0.25) is 9.59 Å². The molecule has 194 valence electrons. The molecule has 0 aliphatic carbocycles. The zero-order valence-corrected chi connectivity index (χ0v) is 22.7. The van der Waals surface area contributed by atoms with Crippen LogP contribution in [0, 0.1) is 6.92 Å². The van der Waals surface area contributed by atoms with Gasteiger partial charge in [0.2, 0.25) is 15.9 Å². The number of hydrogen-bond donors (Lipinski definition) is 1. The van der Waals surface area contributed by atoms with Crippen LogP contribution >= 0.6 is 23.2 Å². The minimum atomic E-state index is -4.07. The number of nitrogens with zero attached hydrogens (tertiary/aromatic N) is 1. The number of hydrogen-bond acceptors (Lipinski definition) is 4. The summed E-state index contributed by atoms with van der Waals surface area (Å²) >= 11 is 12.1. The molecular formula is C29H24Cl2N2O4S. The van der Waals surface area contributed by atoms with Crippen molar-refractivity contribution in [2.45, 2.75) is 18.4 Å². The van der Waals surface area contributed by atoms with Crippen molar-refractivity contribution in [1.29, 1.82) is 0 Å². The van der Waals surface area contributed by atoms with Crippen LogP contribution in [0.3, 0.4) is 0 Å². The minimum absolute atomic E-state index is 0.00900. The Hall–Kier alpha value is -3.49. The molecule has 0 saturated carbocycles. The topological polar surface area (TPSA) is 83.6 Å². The molecule has 0 unspecified atom stereocenters. The number of nitrogens with one attached hydrogen (secondary N) is 1. The molecule has 0 bridgehead atoms. The Balaban J connectivity index is 1.64. The highest BCUT2D eigenvalue weighted by Crippen LogP contribution is 2.25. The number of anilines is 1. The summed E-state index contributed by atoms with van der Waals surface area (Å²) in [5, 5.41) is 3.43. The lowest BCUT2D eigenvalue weighted by Crippen LogP contribution is -2.38. The Bertz CT molecular complexity index is 1570. The maximum atomic E-state index is 13.6. The molecule has 4 aromatic carbocycles. The third-order valence-corrected chi connectivity index (χ3v) is 8.21. The predicted molar refractivity (Wildman–Crippen MR) is 150 cm³/mol. The molecule has 4 aromatic rings. The van der Waals surface area contributed by atoms with E-state index in [9.17, 15) is 18.0 Å². The lowest BCUT2D eigenvalue weighted by atomic mass is 10.0. The van der Waals surface area contributed by atoms with E-state index in [0.717, 1.165) is 15.4 Å². The van der Waals surface area contributed by atoms with Crippen molar-refractivity contribution < 1.29 is 18.0 Å². The molecule has 4 rings (SSSR count). The van der Waals surface area contributed by atoms with E-state index >= 15 is 0 Å². The molecule has 0 heterocycles. The van der Waals surface area contributed by atoms with Crippen LogP contribution < -0.4 is 5.32 Å². The van der Waals surface area contributed by atoms with E-state index in [1.165, 1.54) is 36.4 Å². The SMILES string of the molecule is Cc1ccccc1CN(CC(=O)Nc1ccc(Cl)cc1C(=O)c1ccccc1)S(=O)(=O)c1ccc(Cl)cc1. The normalized spacial score (nSPS) is 11.4. The lowest BCUT2D eigenvalue weighted by Gasteiger charge is -2.23. The van der Waals surface area contributed by atoms with Crippen molar-refractivity contribution in [3.05, 3.63) is 129 Å². The number of aryl methyl sites for hydroxylation is 1. The Kier molecular flexibility index (Phi) is 8.64. The van der Waals surface area contributed by atoms with Gasteiger partial charge in [0, 0.05) is 27.7 Å². The fourth-order valence-corrected chi connectivity index (χ4v) is 5.54. The Morgan fingerprint density at radius 2 is 1.45 bits per heavy atom. The van der Waals surface area contributed by atoms with Crippen molar-refractivity contribution in [2.24, 2.45) is 0 Å². The Morgan fingerprint density at radius 3 is 2.13 bits per heavy atom. The average molecular weight is 567 g/mol. The third kappa shape index (κ3) is 6.49. The van der Waals surface area contributed by atoms with Crippen LogP contribution in [-0.2, 0) is 21.4 Å². The van der Waals surface area contributed by atoms with Gasteiger partial charge in [0.25, 0.3) is 0 Å². The number of carbonyl (C=O) groups excluding carboxylic acids is 2. The first kappa shape index (κ1) is 27.5. The molecule has 9 heteroatoms. The molecule has 1 N–H and O–H groups in total. The first-order valence-corrected chi connectivity index (χ1v) is 13.8. The lowest BCUT2D eigenvalue weighted by molar-refractivity contribution is -0.116. The Labute approximate surface area is 231 Å². The molecule has 6 nitrogen and oxygen atoms in total. The van der Waals surface area contributed by atoms with E-state index < -0.39 is 22.5 Å². The quantitative estimate of drug-likeness (QED) is 0.239. The highest BCUT2D eigenvalue weighted by atomic mass is 35.5. The number of carbonyl (C=O) groups is 2. The summed E-state index contributed by atoms with van der Waals surface area (Å²) < 4.78 is 28.3. The van der Waals surface area contributed by atoms with Gasteiger partial charge < -0.3 is 5.32 Å². The smallest absolute Gasteiger partial charge is 0.243 e. The summed E-state index contributed by atoms with van der Waals surface area (Å²) in [6.07, 6.45) is 0. The summed E-state index contributed by atoms with van der Waals surface area (Å²) in [4.78, 5) is 26.4. The van der Waals surface area contributed by atoms with Gasteiger partial charge >= 0.3 is 0 Å². The van der Waals surface area contributed by atoms with Crippen molar-refractivity contribution in [2.75, 3.05) is 11.9 Å². The van der Waals surface area contributed by atoms with Crippen LogP contribution in [0.25, 0.3) is 0 Å². The molecule has 0 aliphatic heterocycles. The largest absolute Gasteiger partial charge is 0.324 e. The van der Waals surface area contributed by atoms with Crippen LogP contribution in [0.2, 0.25) is 10.0 Å².